The van der Waals surface area contributed by atoms with Gasteiger partial charge in [-0.2, -0.15) is 0 Å². The van der Waals surface area contributed by atoms with Crippen LogP contribution in [0.15, 0.2) is 18.2 Å². The van der Waals surface area contributed by atoms with Crippen molar-refractivity contribution in [2.45, 2.75) is 33.2 Å². The molecule has 0 atom stereocenters. The Morgan fingerprint density at radius 2 is 2.19 bits per heavy atom. The first-order valence-electron chi connectivity index (χ1n) is 7.61. The molecule has 1 aromatic rings. The second kappa shape index (κ2) is 7.05. The molecule has 4 nitrogen and oxygen atoms in total. The highest BCUT2D eigenvalue weighted by molar-refractivity contribution is 5.94. The quantitative estimate of drug-likeness (QED) is 0.844. The summed E-state index contributed by atoms with van der Waals surface area (Å²) in [5, 5.41) is 6.38. The van der Waals surface area contributed by atoms with E-state index >= 15 is 0 Å². The number of nitrogens with one attached hydrogen (secondary N) is 2. The third-order valence-electron chi connectivity index (χ3n) is 4.07. The number of carbonyl (C=O) groups is 1. The molecule has 1 aliphatic heterocycles. The van der Waals surface area contributed by atoms with Crippen molar-refractivity contribution in [2.75, 3.05) is 26.8 Å². The Labute approximate surface area is 127 Å². The molecule has 0 radical (unpaired) electrons. The minimum Gasteiger partial charge on any atom is -0.385 e. The van der Waals surface area contributed by atoms with Gasteiger partial charge in [0.1, 0.15) is 0 Å². The van der Waals surface area contributed by atoms with Crippen molar-refractivity contribution in [1.29, 1.82) is 0 Å². The van der Waals surface area contributed by atoms with Crippen LogP contribution in [0.4, 0.5) is 0 Å². The van der Waals surface area contributed by atoms with Crippen molar-refractivity contribution in [1.82, 2.24) is 10.6 Å². The number of hydrogen-bond acceptors (Lipinski definition) is 3. The van der Waals surface area contributed by atoms with Gasteiger partial charge < -0.3 is 15.4 Å². The minimum absolute atomic E-state index is 0.00821. The summed E-state index contributed by atoms with van der Waals surface area (Å²) in [4.78, 5) is 12.3. The SMILES string of the molecule is COCCC(C)(C)CNC(=O)c1ccc2c(c1)CNCC2. The Hall–Kier alpha value is -1.39. The highest BCUT2D eigenvalue weighted by Gasteiger charge is 2.19. The van der Waals surface area contributed by atoms with E-state index in [2.05, 4.69) is 30.5 Å². The van der Waals surface area contributed by atoms with Crippen molar-refractivity contribution in [3.8, 4) is 0 Å². The first-order valence-corrected chi connectivity index (χ1v) is 7.61. The molecular weight excluding hydrogens is 264 g/mol. The lowest BCUT2D eigenvalue weighted by Crippen LogP contribution is -2.35. The van der Waals surface area contributed by atoms with E-state index in [4.69, 9.17) is 4.74 Å². The molecule has 0 bridgehead atoms. The molecule has 0 aromatic heterocycles. The summed E-state index contributed by atoms with van der Waals surface area (Å²) in [6.45, 7) is 7.53. The fourth-order valence-corrected chi connectivity index (χ4v) is 2.51. The Morgan fingerprint density at radius 3 is 2.95 bits per heavy atom. The second-order valence-corrected chi connectivity index (χ2v) is 6.50. The molecule has 2 rings (SSSR count). The van der Waals surface area contributed by atoms with Gasteiger partial charge in [-0.25, -0.2) is 0 Å². The topological polar surface area (TPSA) is 50.4 Å². The standard InChI is InChI=1S/C17H26N2O2/c1-17(2,7-9-21-3)12-19-16(20)14-5-4-13-6-8-18-11-15(13)10-14/h4-5,10,18H,6-9,11-12H2,1-3H3,(H,19,20). The summed E-state index contributed by atoms with van der Waals surface area (Å²) >= 11 is 0. The van der Waals surface area contributed by atoms with Gasteiger partial charge >= 0.3 is 0 Å². The second-order valence-electron chi connectivity index (χ2n) is 6.50. The monoisotopic (exact) mass is 290 g/mol. The minimum atomic E-state index is 0.00821. The van der Waals surface area contributed by atoms with E-state index in [1.807, 2.05) is 12.1 Å². The van der Waals surface area contributed by atoms with Gasteiger partial charge in [0.25, 0.3) is 5.91 Å². The molecule has 1 amide bonds. The predicted octanol–water partition coefficient (Wildman–Crippen LogP) is 2.12. The Bertz CT molecular complexity index is 498. The molecule has 116 valence electrons. The molecule has 0 unspecified atom stereocenters. The molecule has 0 spiro atoms. The lowest BCUT2D eigenvalue weighted by molar-refractivity contribution is 0.0921. The third-order valence-corrected chi connectivity index (χ3v) is 4.07. The molecule has 0 saturated carbocycles. The highest BCUT2D eigenvalue weighted by Crippen LogP contribution is 2.20. The van der Waals surface area contributed by atoms with Crippen LogP contribution in [-0.2, 0) is 17.7 Å². The zero-order chi connectivity index (χ0) is 15.3. The third kappa shape index (κ3) is 4.55. The zero-order valence-corrected chi connectivity index (χ0v) is 13.3. The molecule has 0 aliphatic carbocycles. The number of carbonyl (C=O) groups excluding carboxylic acids is 1. The van der Waals surface area contributed by atoms with Gasteiger partial charge in [-0.1, -0.05) is 19.9 Å². The largest absolute Gasteiger partial charge is 0.385 e. The molecule has 1 heterocycles. The van der Waals surface area contributed by atoms with E-state index in [0.29, 0.717) is 13.2 Å². The molecule has 1 aromatic carbocycles. The van der Waals surface area contributed by atoms with Crippen molar-refractivity contribution in [3.63, 3.8) is 0 Å². The number of methoxy groups -OCH3 is 1. The molecule has 0 saturated heterocycles. The van der Waals surface area contributed by atoms with Crippen LogP contribution in [0.25, 0.3) is 0 Å². The number of hydrogen-bond donors (Lipinski definition) is 2. The van der Waals surface area contributed by atoms with Crippen LogP contribution in [0.5, 0.6) is 0 Å². The Balaban J connectivity index is 1.94. The lowest BCUT2D eigenvalue weighted by Gasteiger charge is -2.24. The summed E-state index contributed by atoms with van der Waals surface area (Å²) in [6.07, 6.45) is 1.97. The number of benzene rings is 1. The number of fused-ring (bicyclic) bond motifs is 1. The van der Waals surface area contributed by atoms with E-state index in [1.165, 1.54) is 11.1 Å². The number of rotatable bonds is 6. The van der Waals surface area contributed by atoms with Crippen LogP contribution < -0.4 is 10.6 Å². The number of amides is 1. The van der Waals surface area contributed by atoms with Crippen LogP contribution in [0, 0.1) is 5.41 Å². The van der Waals surface area contributed by atoms with E-state index in [1.54, 1.807) is 7.11 Å². The van der Waals surface area contributed by atoms with Gasteiger partial charge in [0.2, 0.25) is 0 Å². The fraction of sp³-hybridized carbons (Fsp3) is 0.588. The summed E-state index contributed by atoms with van der Waals surface area (Å²) in [5.74, 6) is 0.00821. The lowest BCUT2D eigenvalue weighted by atomic mass is 9.89. The van der Waals surface area contributed by atoms with Crippen LogP contribution in [0.1, 0.15) is 41.8 Å². The van der Waals surface area contributed by atoms with Crippen LogP contribution >= 0.6 is 0 Å². The van der Waals surface area contributed by atoms with E-state index in [9.17, 15) is 4.79 Å². The van der Waals surface area contributed by atoms with Crippen LogP contribution in [-0.4, -0.2) is 32.7 Å². The number of ether oxygens (including phenoxy) is 1. The molecule has 0 fully saturated rings. The first kappa shape index (κ1) is 16.0. The zero-order valence-electron chi connectivity index (χ0n) is 13.3. The van der Waals surface area contributed by atoms with Gasteiger partial charge in [0.05, 0.1) is 0 Å². The van der Waals surface area contributed by atoms with Crippen molar-refractivity contribution >= 4 is 5.91 Å². The first-order chi connectivity index (χ1) is 10.0. The van der Waals surface area contributed by atoms with Crippen molar-refractivity contribution in [3.05, 3.63) is 34.9 Å². The molecule has 1 aliphatic rings. The normalized spacial score (nSPS) is 14.6. The van der Waals surface area contributed by atoms with E-state index in [0.717, 1.165) is 31.5 Å². The maximum Gasteiger partial charge on any atom is 0.251 e. The Kier molecular flexibility index (Phi) is 5.37. The molecule has 4 heteroatoms. The molecule has 2 N–H and O–H groups in total. The van der Waals surface area contributed by atoms with Crippen LogP contribution in [0.2, 0.25) is 0 Å². The summed E-state index contributed by atoms with van der Waals surface area (Å²) in [7, 11) is 1.70. The van der Waals surface area contributed by atoms with E-state index in [-0.39, 0.29) is 11.3 Å². The average Bonchev–Trinajstić information content (AvgIpc) is 2.50. The maximum absolute atomic E-state index is 12.3. The highest BCUT2D eigenvalue weighted by atomic mass is 16.5. The Morgan fingerprint density at radius 1 is 1.38 bits per heavy atom. The van der Waals surface area contributed by atoms with Crippen molar-refractivity contribution in [2.24, 2.45) is 5.41 Å². The van der Waals surface area contributed by atoms with Gasteiger partial charge in [-0.05, 0) is 48.1 Å². The van der Waals surface area contributed by atoms with Gasteiger partial charge in [0.15, 0.2) is 0 Å². The fourth-order valence-electron chi connectivity index (χ4n) is 2.51. The van der Waals surface area contributed by atoms with Gasteiger partial charge in [0, 0.05) is 32.4 Å². The van der Waals surface area contributed by atoms with E-state index < -0.39 is 0 Å². The predicted molar refractivity (Wildman–Crippen MR) is 84.5 cm³/mol. The smallest absolute Gasteiger partial charge is 0.251 e. The molecule has 21 heavy (non-hydrogen) atoms. The van der Waals surface area contributed by atoms with Gasteiger partial charge in [-0.3, -0.25) is 4.79 Å². The van der Waals surface area contributed by atoms with Crippen LogP contribution in [0.3, 0.4) is 0 Å². The summed E-state index contributed by atoms with van der Waals surface area (Å²) < 4.78 is 5.11. The van der Waals surface area contributed by atoms with Crippen molar-refractivity contribution < 1.29 is 9.53 Å². The summed E-state index contributed by atoms with van der Waals surface area (Å²) in [6, 6.07) is 6.03. The maximum atomic E-state index is 12.3. The van der Waals surface area contributed by atoms with Gasteiger partial charge in [-0.15, -0.1) is 0 Å². The summed E-state index contributed by atoms with van der Waals surface area (Å²) in [5.41, 5.74) is 3.39. The molecular formula is C17H26N2O2. The average molecular weight is 290 g/mol.